The van der Waals surface area contributed by atoms with E-state index in [-0.39, 0.29) is 12.4 Å². The van der Waals surface area contributed by atoms with Gasteiger partial charge in [0.2, 0.25) is 0 Å². The second-order valence-corrected chi connectivity index (χ2v) is 8.87. The van der Waals surface area contributed by atoms with Gasteiger partial charge in [0, 0.05) is 6.04 Å². The molecule has 0 saturated heterocycles. The van der Waals surface area contributed by atoms with Gasteiger partial charge < -0.3 is 5.73 Å². The molecule has 1 nitrogen and oxygen atoms in total. The SMILES string of the molecule is CCCCCCCCCCCCCC(N)C1(CC)CCCCC1CC.Cl. The average molecular weight is 388 g/mol. The van der Waals surface area contributed by atoms with E-state index in [1.807, 2.05) is 0 Å². The van der Waals surface area contributed by atoms with Crippen molar-refractivity contribution < 1.29 is 0 Å². The quantitative estimate of drug-likeness (QED) is 0.280. The Morgan fingerprint density at radius 1 is 0.808 bits per heavy atom. The van der Waals surface area contributed by atoms with Gasteiger partial charge in [-0.3, -0.25) is 0 Å². The van der Waals surface area contributed by atoms with Crippen molar-refractivity contribution in [3.05, 3.63) is 0 Å². The molecule has 0 amide bonds. The maximum atomic E-state index is 6.78. The van der Waals surface area contributed by atoms with Crippen LogP contribution in [0.2, 0.25) is 0 Å². The first-order valence-electron chi connectivity index (χ1n) is 12.0. The van der Waals surface area contributed by atoms with Crippen LogP contribution in [0.5, 0.6) is 0 Å². The number of hydrogen-bond acceptors (Lipinski definition) is 1. The molecule has 0 aliphatic heterocycles. The molecule has 1 aliphatic carbocycles. The van der Waals surface area contributed by atoms with Crippen LogP contribution in [-0.4, -0.2) is 6.04 Å². The zero-order valence-electron chi connectivity index (χ0n) is 18.4. The number of halogens is 1. The molecule has 1 aliphatic rings. The second kappa shape index (κ2) is 16.2. The summed E-state index contributed by atoms with van der Waals surface area (Å²) in [6, 6.07) is 0.446. The predicted octanol–water partition coefficient (Wildman–Crippen LogP) is 8.43. The van der Waals surface area contributed by atoms with Crippen molar-refractivity contribution >= 4 is 12.4 Å². The Kier molecular flexibility index (Phi) is 16.4. The zero-order valence-corrected chi connectivity index (χ0v) is 19.2. The Morgan fingerprint density at radius 3 is 1.85 bits per heavy atom. The number of unbranched alkanes of at least 4 members (excludes halogenated alkanes) is 10. The molecule has 2 heteroatoms. The summed E-state index contributed by atoms with van der Waals surface area (Å²) in [4.78, 5) is 0. The highest BCUT2D eigenvalue weighted by atomic mass is 35.5. The highest BCUT2D eigenvalue weighted by Crippen LogP contribution is 2.48. The fourth-order valence-corrected chi connectivity index (χ4v) is 5.48. The van der Waals surface area contributed by atoms with Crippen molar-refractivity contribution in [3.63, 3.8) is 0 Å². The van der Waals surface area contributed by atoms with Crippen molar-refractivity contribution in [1.29, 1.82) is 0 Å². The van der Waals surface area contributed by atoms with E-state index in [9.17, 15) is 0 Å². The molecule has 3 atom stereocenters. The molecule has 0 aromatic carbocycles. The fraction of sp³-hybridized carbons (Fsp3) is 1.00. The topological polar surface area (TPSA) is 26.0 Å². The first-order chi connectivity index (χ1) is 12.2. The lowest BCUT2D eigenvalue weighted by Gasteiger charge is -2.48. The van der Waals surface area contributed by atoms with Gasteiger partial charge in [-0.1, -0.05) is 111 Å². The van der Waals surface area contributed by atoms with E-state index in [4.69, 9.17) is 5.73 Å². The van der Waals surface area contributed by atoms with Crippen LogP contribution in [0.15, 0.2) is 0 Å². The van der Waals surface area contributed by atoms with Crippen molar-refractivity contribution in [2.24, 2.45) is 17.1 Å². The van der Waals surface area contributed by atoms with Gasteiger partial charge in [-0.15, -0.1) is 12.4 Å². The van der Waals surface area contributed by atoms with Gasteiger partial charge in [0.05, 0.1) is 0 Å². The lowest BCUT2D eigenvalue weighted by atomic mass is 9.59. The van der Waals surface area contributed by atoms with E-state index in [1.165, 1.54) is 116 Å². The first kappa shape index (κ1) is 26.2. The Morgan fingerprint density at radius 2 is 1.35 bits per heavy atom. The summed E-state index contributed by atoms with van der Waals surface area (Å²) in [6.45, 7) is 7.08. The van der Waals surface area contributed by atoms with Crippen molar-refractivity contribution in [2.75, 3.05) is 0 Å². The third kappa shape index (κ3) is 8.96. The van der Waals surface area contributed by atoms with E-state index in [0.29, 0.717) is 11.5 Å². The standard InChI is InChI=1S/C24H49N.ClH/c1-4-7-8-9-10-11-12-13-14-15-16-20-23(25)24(6-3)21-18-17-19-22(24)5-2;/h22-23H,4-21,25H2,1-3H3;1H. The van der Waals surface area contributed by atoms with Crippen molar-refractivity contribution in [1.82, 2.24) is 0 Å². The molecular weight excluding hydrogens is 338 g/mol. The lowest BCUT2D eigenvalue weighted by molar-refractivity contribution is 0.0494. The van der Waals surface area contributed by atoms with Crippen LogP contribution in [0.1, 0.15) is 136 Å². The molecule has 1 rings (SSSR count). The number of rotatable bonds is 15. The Balaban J connectivity index is 0.00000625. The normalized spacial score (nSPS) is 24.2. The maximum Gasteiger partial charge on any atom is 0.00981 e. The molecule has 0 aromatic rings. The highest BCUT2D eigenvalue weighted by Gasteiger charge is 2.42. The van der Waals surface area contributed by atoms with Crippen LogP contribution in [0.25, 0.3) is 0 Å². The molecule has 26 heavy (non-hydrogen) atoms. The second-order valence-electron chi connectivity index (χ2n) is 8.87. The molecule has 3 unspecified atom stereocenters. The molecule has 0 bridgehead atoms. The Labute approximate surface area is 172 Å². The average Bonchev–Trinajstić information content (AvgIpc) is 2.65. The van der Waals surface area contributed by atoms with Crippen LogP contribution in [-0.2, 0) is 0 Å². The third-order valence-corrected chi connectivity index (χ3v) is 7.27. The summed E-state index contributed by atoms with van der Waals surface area (Å²) >= 11 is 0. The van der Waals surface area contributed by atoms with Crippen molar-refractivity contribution in [3.8, 4) is 0 Å². The van der Waals surface area contributed by atoms with E-state index in [2.05, 4.69) is 20.8 Å². The highest BCUT2D eigenvalue weighted by molar-refractivity contribution is 5.85. The van der Waals surface area contributed by atoms with E-state index >= 15 is 0 Å². The van der Waals surface area contributed by atoms with Crippen LogP contribution in [0, 0.1) is 11.3 Å². The Bertz CT molecular complexity index is 307. The first-order valence-corrected chi connectivity index (χ1v) is 12.0. The smallest absolute Gasteiger partial charge is 0.00981 e. The van der Waals surface area contributed by atoms with E-state index < -0.39 is 0 Å². The van der Waals surface area contributed by atoms with E-state index in [1.54, 1.807) is 0 Å². The molecule has 2 N–H and O–H groups in total. The summed E-state index contributed by atoms with van der Waals surface area (Å²) in [5.74, 6) is 0.883. The largest absolute Gasteiger partial charge is 0.327 e. The van der Waals surface area contributed by atoms with Crippen molar-refractivity contribution in [2.45, 2.75) is 142 Å². The minimum atomic E-state index is 0. The monoisotopic (exact) mass is 387 g/mol. The number of nitrogens with two attached hydrogens (primary N) is 1. The predicted molar refractivity (Wildman–Crippen MR) is 121 cm³/mol. The van der Waals surface area contributed by atoms with Gasteiger partial charge >= 0.3 is 0 Å². The summed E-state index contributed by atoms with van der Waals surface area (Å²) < 4.78 is 0. The van der Waals surface area contributed by atoms with Gasteiger partial charge in [0.1, 0.15) is 0 Å². The third-order valence-electron chi connectivity index (χ3n) is 7.27. The molecule has 0 radical (unpaired) electrons. The van der Waals surface area contributed by atoms with Gasteiger partial charge in [0.25, 0.3) is 0 Å². The summed E-state index contributed by atoms with van der Waals surface area (Å²) in [5, 5.41) is 0. The summed E-state index contributed by atoms with van der Waals surface area (Å²) in [5.41, 5.74) is 7.24. The lowest BCUT2D eigenvalue weighted by Crippen LogP contribution is -2.48. The van der Waals surface area contributed by atoms with Crippen LogP contribution in [0.3, 0.4) is 0 Å². The van der Waals surface area contributed by atoms with Crippen LogP contribution >= 0.6 is 12.4 Å². The maximum absolute atomic E-state index is 6.78. The fourth-order valence-electron chi connectivity index (χ4n) is 5.48. The molecule has 0 heterocycles. The zero-order chi connectivity index (χ0) is 18.4. The molecule has 1 fully saturated rings. The Hall–Kier alpha value is 0.250. The van der Waals surface area contributed by atoms with Crippen LogP contribution < -0.4 is 5.73 Å². The van der Waals surface area contributed by atoms with Gasteiger partial charge in [-0.05, 0) is 37.0 Å². The van der Waals surface area contributed by atoms with E-state index in [0.717, 1.165) is 5.92 Å². The summed E-state index contributed by atoms with van der Waals surface area (Å²) in [6.07, 6.45) is 25.3. The van der Waals surface area contributed by atoms with Gasteiger partial charge in [-0.25, -0.2) is 0 Å². The van der Waals surface area contributed by atoms with Crippen LogP contribution in [0.4, 0.5) is 0 Å². The molecule has 1 saturated carbocycles. The molecule has 158 valence electrons. The minimum Gasteiger partial charge on any atom is -0.327 e. The molecule has 0 aromatic heterocycles. The molecular formula is C24H50ClN. The van der Waals surface area contributed by atoms with Gasteiger partial charge in [-0.2, -0.15) is 0 Å². The minimum absolute atomic E-state index is 0. The van der Waals surface area contributed by atoms with Gasteiger partial charge in [0.15, 0.2) is 0 Å². The molecule has 0 spiro atoms. The number of hydrogen-bond donors (Lipinski definition) is 1. The summed E-state index contributed by atoms with van der Waals surface area (Å²) in [7, 11) is 0.